The van der Waals surface area contributed by atoms with Crippen molar-refractivity contribution in [3.8, 4) is 11.3 Å². The number of carboxylic acids is 1. The number of aliphatic carboxylic acids is 1. The Balaban J connectivity index is 1.52. The van der Waals surface area contributed by atoms with Gasteiger partial charge in [0.05, 0.1) is 34.1 Å². The number of carbonyl (C=O) groups excluding carboxylic acids is 2. The number of fused-ring (bicyclic) bond motifs is 1. The Kier molecular flexibility index (Phi) is 6.53. The minimum Gasteiger partial charge on any atom is -0.481 e. The summed E-state index contributed by atoms with van der Waals surface area (Å²) in [4.78, 5) is 46.2. The first-order valence-corrected chi connectivity index (χ1v) is 11.3. The summed E-state index contributed by atoms with van der Waals surface area (Å²) in [5.41, 5.74) is 1.05. The third kappa shape index (κ3) is 5.29. The molecule has 1 saturated heterocycles. The second kappa shape index (κ2) is 9.41. The summed E-state index contributed by atoms with van der Waals surface area (Å²) < 4.78 is 6.71. The minimum absolute atomic E-state index is 0.133. The third-order valence-corrected chi connectivity index (χ3v) is 6.00. The molecule has 0 bridgehead atoms. The van der Waals surface area contributed by atoms with Crippen LogP contribution in [0.15, 0.2) is 36.8 Å². The zero-order valence-electron chi connectivity index (χ0n) is 19.4. The molecule has 3 heterocycles. The molecular weight excluding hydrogens is 476 g/mol. The summed E-state index contributed by atoms with van der Waals surface area (Å²) in [6.07, 6.45) is 4.36. The lowest BCUT2D eigenvalue weighted by Gasteiger charge is -2.20. The highest BCUT2D eigenvalue weighted by molar-refractivity contribution is 6.33. The van der Waals surface area contributed by atoms with Gasteiger partial charge in [0.2, 0.25) is 5.78 Å². The van der Waals surface area contributed by atoms with Gasteiger partial charge in [-0.2, -0.15) is 0 Å². The molecule has 11 nitrogen and oxygen atoms in total. The van der Waals surface area contributed by atoms with Crippen molar-refractivity contribution in [2.24, 2.45) is 5.41 Å². The number of benzene rings is 1. The van der Waals surface area contributed by atoms with Crippen LogP contribution in [0.25, 0.3) is 17.0 Å². The Hall–Kier alpha value is -3.86. The number of anilines is 2. The van der Waals surface area contributed by atoms with Gasteiger partial charge in [-0.3, -0.25) is 14.5 Å². The Morgan fingerprint density at radius 3 is 2.66 bits per heavy atom. The number of likely N-dealkylation sites (tertiary alicyclic amines) is 1. The Morgan fingerprint density at radius 1 is 1.20 bits per heavy atom. The maximum Gasteiger partial charge on any atom is 0.411 e. The Labute approximate surface area is 206 Å². The number of ether oxygens (including phenoxy) is 1. The van der Waals surface area contributed by atoms with Crippen molar-refractivity contribution in [1.29, 1.82) is 0 Å². The first-order valence-electron chi connectivity index (χ1n) is 11.0. The van der Waals surface area contributed by atoms with Crippen LogP contribution in [0.2, 0.25) is 5.02 Å². The van der Waals surface area contributed by atoms with E-state index in [2.05, 4.69) is 20.6 Å². The molecule has 1 aromatic carbocycles. The molecule has 0 spiro atoms. The number of aromatic nitrogens is 3. The molecule has 1 aliphatic rings. The molecule has 0 saturated carbocycles. The number of imidazole rings is 1. The molecule has 1 aliphatic heterocycles. The van der Waals surface area contributed by atoms with Gasteiger partial charge in [0.1, 0.15) is 0 Å². The molecular formula is C23H25ClN6O5. The van der Waals surface area contributed by atoms with Crippen molar-refractivity contribution in [3.63, 3.8) is 0 Å². The van der Waals surface area contributed by atoms with E-state index in [1.807, 2.05) is 0 Å². The van der Waals surface area contributed by atoms with E-state index < -0.39 is 17.5 Å². The van der Waals surface area contributed by atoms with Crippen LogP contribution in [0.4, 0.5) is 21.0 Å². The van der Waals surface area contributed by atoms with Gasteiger partial charge < -0.3 is 20.1 Å². The van der Waals surface area contributed by atoms with Gasteiger partial charge in [0.15, 0.2) is 0 Å². The summed E-state index contributed by atoms with van der Waals surface area (Å²) in [5, 5.41) is 15.2. The van der Waals surface area contributed by atoms with Crippen LogP contribution in [-0.2, 0) is 9.53 Å². The van der Waals surface area contributed by atoms with Gasteiger partial charge in [-0.1, -0.05) is 11.6 Å². The van der Waals surface area contributed by atoms with Gasteiger partial charge >= 0.3 is 18.1 Å². The predicted molar refractivity (Wildman–Crippen MR) is 130 cm³/mol. The average molecular weight is 501 g/mol. The molecule has 184 valence electrons. The fourth-order valence-corrected chi connectivity index (χ4v) is 3.97. The largest absolute Gasteiger partial charge is 0.481 e. The first-order chi connectivity index (χ1) is 16.5. The maximum absolute atomic E-state index is 12.7. The quantitative estimate of drug-likeness (QED) is 0.473. The number of rotatable bonds is 5. The SMILES string of the molecule is CC(C)OC(=O)Nc1cnc2nc(-c3cc(NC(=O)N4CCC(C)(C(=O)O)C4)ccc3Cl)cn2c1. The van der Waals surface area contributed by atoms with Crippen molar-refractivity contribution in [2.45, 2.75) is 33.3 Å². The monoisotopic (exact) mass is 500 g/mol. The van der Waals surface area contributed by atoms with Crippen LogP contribution in [0.1, 0.15) is 27.2 Å². The highest BCUT2D eigenvalue weighted by Crippen LogP contribution is 2.32. The summed E-state index contributed by atoms with van der Waals surface area (Å²) >= 11 is 6.41. The van der Waals surface area contributed by atoms with Crippen LogP contribution in [0.3, 0.4) is 0 Å². The van der Waals surface area contributed by atoms with Crippen molar-refractivity contribution in [1.82, 2.24) is 19.3 Å². The zero-order chi connectivity index (χ0) is 25.3. The fraction of sp³-hybridized carbons (Fsp3) is 0.348. The zero-order valence-corrected chi connectivity index (χ0v) is 20.2. The van der Waals surface area contributed by atoms with Gasteiger partial charge in [0.25, 0.3) is 0 Å². The number of halogens is 1. The summed E-state index contributed by atoms with van der Waals surface area (Å²) in [5.74, 6) is -0.532. The molecule has 12 heteroatoms. The van der Waals surface area contributed by atoms with Crippen molar-refractivity contribution in [3.05, 3.63) is 41.8 Å². The van der Waals surface area contributed by atoms with Crippen LogP contribution >= 0.6 is 11.6 Å². The third-order valence-electron chi connectivity index (χ3n) is 5.67. The second-order valence-electron chi connectivity index (χ2n) is 8.92. The van der Waals surface area contributed by atoms with Gasteiger partial charge in [-0.15, -0.1) is 0 Å². The smallest absolute Gasteiger partial charge is 0.411 e. The molecule has 2 aromatic heterocycles. The highest BCUT2D eigenvalue weighted by atomic mass is 35.5. The molecule has 0 radical (unpaired) electrons. The van der Waals surface area contributed by atoms with Gasteiger partial charge in [-0.25, -0.2) is 19.6 Å². The lowest BCUT2D eigenvalue weighted by atomic mass is 9.90. The van der Waals surface area contributed by atoms with Crippen LogP contribution in [0.5, 0.6) is 0 Å². The normalized spacial score (nSPS) is 17.6. The van der Waals surface area contributed by atoms with Crippen molar-refractivity contribution >= 4 is 46.8 Å². The highest BCUT2D eigenvalue weighted by Gasteiger charge is 2.42. The molecule has 1 fully saturated rings. The predicted octanol–water partition coefficient (Wildman–Crippen LogP) is 4.34. The lowest BCUT2D eigenvalue weighted by Crippen LogP contribution is -2.37. The number of hydrogen-bond acceptors (Lipinski definition) is 6. The van der Waals surface area contributed by atoms with Crippen molar-refractivity contribution < 1.29 is 24.2 Å². The van der Waals surface area contributed by atoms with Gasteiger partial charge in [-0.05, 0) is 45.4 Å². The minimum atomic E-state index is -0.953. The molecule has 0 aliphatic carbocycles. The molecule has 35 heavy (non-hydrogen) atoms. The number of hydrogen-bond donors (Lipinski definition) is 3. The number of nitrogens with one attached hydrogen (secondary N) is 2. The van der Waals surface area contributed by atoms with E-state index in [9.17, 15) is 19.5 Å². The molecule has 1 atom stereocenters. The van der Waals surface area contributed by atoms with Crippen LogP contribution in [0, 0.1) is 5.41 Å². The topological polar surface area (TPSA) is 138 Å². The molecule has 3 aromatic rings. The van der Waals surface area contributed by atoms with E-state index >= 15 is 0 Å². The maximum atomic E-state index is 12.7. The molecule has 3 amide bonds. The summed E-state index contributed by atoms with van der Waals surface area (Å²) in [6, 6.07) is 4.61. The van der Waals surface area contributed by atoms with Crippen LogP contribution in [-0.4, -0.2) is 61.7 Å². The number of nitrogens with zero attached hydrogens (tertiary/aromatic N) is 4. The molecule has 3 N–H and O–H groups in total. The van der Waals surface area contributed by atoms with Gasteiger partial charge in [0, 0.05) is 36.7 Å². The first kappa shape index (κ1) is 24.3. The van der Waals surface area contributed by atoms with E-state index in [4.69, 9.17) is 16.3 Å². The number of urea groups is 1. The fourth-order valence-electron chi connectivity index (χ4n) is 3.75. The van der Waals surface area contributed by atoms with E-state index in [0.717, 1.165) is 0 Å². The van der Waals surface area contributed by atoms with Crippen molar-refractivity contribution in [2.75, 3.05) is 23.7 Å². The molecule has 4 rings (SSSR count). The van der Waals surface area contributed by atoms with E-state index in [1.165, 1.54) is 11.1 Å². The van der Waals surface area contributed by atoms with Crippen LogP contribution < -0.4 is 10.6 Å². The molecule has 1 unspecified atom stereocenters. The van der Waals surface area contributed by atoms with E-state index in [-0.39, 0.29) is 18.7 Å². The summed E-state index contributed by atoms with van der Waals surface area (Å²) in [7, 11) is 0. The van der Waals surface area contributed by atoms with E-state index in [1.54, 1.807) is 55.8 Å². The average Bonchev–Trinajstić information content (AvgIpc) is 3.38. The Morgan fingerprint density at radius 2 is 1.97 bits per heavy atom. The number of carbonyl (C=O) groups is 3. The number of carboxylic acid groups (broad SMARTS) is 1. The second-order valence-corrected chi connectivity index (χ2v) is 9.32. The lowest BCUT2D eigenvalue weighted by molar-refractivity contribution is -0.146. The number of amides is 3. The standard InChI is InChI=1S/C23H25ClN6O5/c1-13(2)35-22(34)27-15-9-25-20-28-18(11-30(20)10-15)16-8-14(4-5-17(16)24)26-21(33)29-7-6-23(3,12-29)19(31)32/h4-5,8-11,13H,6-7,12H2,1-3H3,(H,26,33)(H,27,34)(H,31,32). The Bertz CT molecular complexity index is 1310. The van der Waals surface area contributed by atoms with E-state index in [0.29, 0.717) is 46.4 Å². The summed E-state index contributed by atoms with van der Waals surface area (Å²) in [6.45, 7) is 5.62.